The Balaban J connectivity index is 1.71. The molecular formula is C17H22BF2NO4. The second-order valence-corrected chi connectivity index (χ2v) is 7.66. The first-order valence-corrected chi connectivity index (χ1v) is 8.36. The second-order valence-electron chi connectivity index (χ2n) is 7.66. The highest BCUT2D eigenvalue weighted by atomic mass is 19.1. The van der Waals surface area contributed by atoms with E-state index in [1.165, 1.54) is 12.1 Å². The molecule has 1 aromatic rings. The van der Waals surface area contributed by atoms with Gasteiger partial charge in [0.1, 0.15) is 25.7 Å². The number of carbonyl (C=O) groups is 1. The third-order valence-electron chi connectivity index (χ3n) is 4.26. The van der Waals surface area contributed by atoms with Gasteiger partial charge in [0.2, 0.25) is 0 Å². The molecule has 8 heteroatoms. The van der Waals surface area contributed by atoms with E-state index in [-0.39, 0.29) is 18.2 Å². The van der Waals surface area contributed by atoms with Crippen molar-refractivity contribution in [2.75, 3.05) is 19.7 Å². The lowest BCUT2D eigenvalue weighted by molar-refractivity contribution is -0.0192. The second kappa shape index (κ2) is 6.48. The van der Waals surface area contributed by atoms with Crippen LogP contribution < -0.4 is 10.2 Å². The molecule has 136 valence electrons. The predicted molar refractivity (Wildman–Crippen MR) is 90.0 cm³/mol. The maximum Gasteiger partial charge on any atom is 0.410 e. The standard InChI is InChI=1S/C17H22BF2NO4/c1-17(2,3)25-16(22)21-6-9-8-23-13(7-21)14(9)24-15-11(19)4-10(18)5-12(15)20/h4-5,9,13-14H,6-8,18H2,1-3H3. The molecule has 1 aromatic carbocycles. The van der Waals surface area contributed by atoms with E-state index in [4.69, 9.17) is 14.2 Å². The van der Waals surface area contributed by atoms with Crippen LogP contribution in [0.5, 0.6) is 5.75 Å². The van der Waals surface area contributed by atoms with E-state index in [0.29, 0.717) is 18.6 Å². The Labute approximate surface area is 146 Å². The molecule has 3 rings (SSSR count). The quantitative estimate of drug-likeness (QED) is 0.751. The van der Waals surface area contributed by atoms with Crippen molar-refractivity contribution in [3.63, 3.8) is 0 Å². The molecule has 2 heterocycles. The van der Waals surface area contributed by atoms with Gasteiger partial charge in [-0.05, 0) is 32.9 Å². The summed E-state index contributed by atoms with van der Waals surface area (Å²) < 4.78 is 44.7. The summed E-state index contributed by atoms with van der Waals surface area (Å²) in [5.74, 6) is -2.01. The first kappa shape index (κ1) is 18.0. The van der Waals surface area contributed by atoms with Gasteiger partial charge >= 0.3 is 6.09 Å². The highest BCUT2D eigenvalue weighted by molar-refractivity contribution is 6.32. The zero-order valence-electron chi connectivity index (χ0n) is 14.8. The van der Waals surface area contributed by atoms with Crippen molar-refractivity contribution in [2.24, 2.45) is 5.92 Å². The Hall–Kier alpha value is -1.83. The largest absolute Gasteiger partial charge is 0.481 e. The number of ether oxygens (including phenoxy) is 3. The lowest BCUT2D eigenvalue weighted by atomic mass is 9.95. The van der Waals surface area contributed by atoms with Crippen molar-refractivity contribution in [1.29, 1.82) is 0 Å². The molecule has 0 radical (unpaired) electrons. The van der Waals surface area contributed by atoms with Gasteiger partial charge in [-0.15, -0.1) is 0 Å². The van der Waals surface area contributed by atoms with Crippen molar-refractivity contribution < 1.29 is 27.8 Å². The number of halogens is 2. The van der Waals surface area contributed by atoms with E-state index in [1.807, 2.05) is 0 Å². The first-order chi connectivity index (χ1) is 11.6. The van der Waals surface area contributed by atoms with Crippen molar-refractivity contribution in [3.05, 3.63) is 23.8 Å². The van der Waals surface area contributed by atoms with Gasteiger partial charge in [-0.25, -0.2) is 13.6 Å². The van der Waals surface area contributed by atoms with Gasteiger partial charge in [0, 0.05) is 12.5 Å². The van der Waals surface area contributed by atoms with Gasteiger partial charge in [-0.2, -0.15) is 0 Å². The molecule has 0 saturated carbocycles. The average molecular weight is 353 g/mol. The summed E-state index contributed by atoms with van der Waals surface area (Å²) in [6.07, 6.45) is -1.35. The van der Waals surface area contributed by atoms with Gasteiger partial charge in [-0.1, -0.05) is 5.46 Å². The molecule has 25 heavy (non-hydrogen) atoms. The zero-order valence-corrected chi connectivity index (χ0v) is 14.8. The number of amides is 1. The molecule has 2 aliphatic rings. The van der Waals surface area contributed by atoms with Gasteiger partial charge in [-0.3, -0.25) is 0 Å². The number of fused-ring (bicyclic) bond motifs is 2. The van der Waals surface area contributed by atoms with E-state index in [1.54, 1.807) is 33.5 Å². The summed E-state index contributed by atoms with van der Waals surface area (Å²) >= 11 is 0. The van der Waals surface area contributed by atoms with Crippen LogP contribution in [0.25, 0.3) is 0 Å². The molecule has 2 fully saturated rings. The smallest absolute Gasteiger partial charge is 0.410 e. The van der Waals surface area contributed by atoms with Crippen LogP contribution in [0.2, 0.25) is 0 Å². The van der Waals surface area contributed by atoms with E-state index >= 15 is 0 Å². The highest BCUT2D eigenvalue weighted by Crippen LogP contribution is 2.33. The molecule has 2 aliphatic heterocycles. The van der Waals surface area contributed by atoms with E-state index in [9.17, 15) is 13.6 Å². The average Bonchev–Trinajstić information content (AvgIpc) is 2.69. The highest BCUT2D eigenvalue weighted by Gasteiger charge is 2.47. The molecule has 1 amide bonds. The van der Waals surface area contributed by atoms with Crippen LogP contribution in [0, 0.1) is 17.6 Å². The van der Waals surface area contributed by atoms with Crippen molar-refractivity contribution in [1.82, 2.24) is 4.90 Å². The third kappa shape index (κ3) is 3.89. The molecule has 3 atom stereocenters. The Morgan fingerprint density at radius 3 is 2.48 bits per heavy atom. The van der Waals surface area contributed by atoms with Gasteiger partial charge in [0.25, 0.3) is 0 Å². The topological polar surface area (TPSA) is 48.0 Å². The summed E-state index contributed by atoms with van der Waals surface area (Å²) in [6, 6.07) is 2.47. The SMILES string of the molecule is Bc1cc(F)c(OC2C3COC2CN(C(=O)OC(C)(C)C)C3)c(F)c1. The molecule has 0 aliphatic carbocycles. The van der Waals surface area contributed by atoms with Crippen LogP contribution in [-0.2, 0) is 9.47 Å². The van der Waals surface area contributed by atoms with Crippen LogP contribution in [0.15, 0.2) is 12.1 Å². The fourth-order valence-electron chi connectivity index (χ4n) is 3.21. The Kier molecular flexibility index (Phi) is 4.66. The molecular weight excluding hydrogens is 331 g/mol. The zero-order chi connectivity index (χ0) is 18.4. The monoisotopic (exact) mass is 353 g/mol. The fraction of sp³-hybridized carbons (Fsp3) is 0.588. The number of hydrogen-bond acceptors (Lipinski definition) is 4. The molecule has 2 bridgehead atoms. The van der Waals surface area contributed by atoms with Gasteiger partial charge < -0.3 is 19.1 Å². The maximum absolute atomic E-state index is 14.0. The first-order valence-electron chi connectivity index (χ1n) is 8.36. The molecule has 5 nitrogen and oxygen atoms in total. The maximum atomic E-state index is 14.0. The normalized spacial score (nSPS) is 25.8. The number of likely N-dealkylation sites (tertiary alicyclic amines) is 1. The molecule has 0 aromatic heterocycles. The van der Waals surface area contributed by atoms with Gasteiger partial charge in [0.15, 0.2) is 17.4 Å². The Morgan fingerprint density at radius 1 is 1.28 bits per heavy atom. The molecule has 2 saturated heterocycles. The minimum Gasteiger partial charge on any atom is -0.481 e. The Bertz CT molecular complexity index is 642. The number of piperidine rings is 1. The Morgan fingerprint density at radius 2 is 1.92 bits per heavy atom. The van der Waals surface area contributed by atoms with Crippen LogP contribution >= 0.6 is 0 Å². The summed E-state index contributed by atoms with van der Waals surface area (Å²) in [5.41, 5.74) is -0.0975. The van der Waals surface area contributed by atoms with Crippen LogP contribution in [0.3, 0.4) is 0 Å². The number of hydrogen-bond donors (Lipinski definition) is 0. The lowest BCUT2D eigenvalue weighted by Crippen LogP contribution is -2.53. The van der Waals surface area contributed by atoms with Crippen LogP contribution in [0.4, 0.5) is 13.6 Å². The van der Waals surface area contributed by atoms with Crippen LogP contribution in [-0.4, -0.2) is 56.3 Å². The molecule has 0 N–H and O–H groups in total. The van der Waals surface area contributed by atoms with Crippen molar-refractivity contribution in [3.8, 4) is 5.75 Å². The minimum absolute atomic E-state index is 0.161. The number of benzene rings is 1. The summed E-state index contributed by atoms with van der Waals surface area (Å²) in [5, 5.41) is 0. The third-order valence-corrected chi connectivity index (χ3v) is 4.26. The fourth-order valence-corrected chi connectivity index (χ4v) is 3.21. The van der Waals surface area contributed by atoms with E-state index in [2.05, 4.69) is 0 Å². The van der Waals surface area contributed by atoms with Crippen LogP contribution in [0.1, 0.15) is 20.8 Å². The summed E-state index contributed by atoms with van der Waals surface area (Å²) in [6.45, 7) is 6.42. The molecule has 0 spiro atoms. The van der Waals surface area contributed by atoms with Gasteiger partial charge in [0.05, 0.1) is 13.2 Å². The summed E-state index contributed by atoms with van der Waals surface area (Å²) in [4.78, 5) is 13.8. The van der Waals surface area contributed by atoms with E-state index in [0.717, 1.165) is 0 Å². The van der Waals surface area contributed by atoms with Crippen molar-refractivity contribution >= 4 is 19.4 Å². The molecule has 3 unspecified atom stereocenters. The number of nitrogens with zero attached hydrogens (tertiary/aromatic N) is 1. The lowest BCUT2D eigenvalue weighted by Gasteiger charge is -2.36. The summed E-state index contributed by atoms with van der Waals surface area (Å²) in [7, 11) is 1.61. The minimum atomic E-state index is -0.730. The number of rotatable bonds is 2. The number of carbonyl (C=O) groups excluding carboxylic acids is 1. The van der Waals surface area contributed by atoms with Crippen molar-refractivity contribution in [2.45, 2.75) is 38.6 Å². The predicted octanol–water partition coefficient (Wildman–Crippen LogP) is 1.24. The van der Waals surface area contributed by atoms with E-state index < -0.39 is 35.5 Å².